The molecule has 0 aromatic heterocycles. The van der Waals surface area contributed by atoms with Crippen LogP contribution in [0.15, 0.2) is 24.3 Å². The van der Waals surface area contributed by atoms with E-state index in [2.05, 4.69) is 21.3 Å². The van der Waals surface area contributed by atoms with E-state index >= 15 is 0 Å². The van der Waals surface area contributed by atoms with Crippen LogP contribution >= 0.6 is 11.8 Å². The summed E-state index contributed by atoms with van der Waals surface area (Å²) in [5.74, 6) is -1.25. The van der Waals surface area contributed by atoms with E-state index in [-0.39, 0.29) is 38.2 Å². The number of rotatable bonds is 17. The van der Waals surface area contributed by atoms with Crippen LogP contribution in [0.2, 0.25) is 0 Å². The second kappa shape index (κ2) is 19.7. The Morgan fingerprint density at radius 2 is 1.33 bits per heavy atom. The molecule has 1 rings (SSSR count). The molecular weight excluding hydrogens is 616 g/mol. The third-order valence-electron chi connectivity index (χ3n) is 6.10. The van der Waals surface area contributed by atoms with Crippen molar-refractivity contribution in [2.24, 2.45) is 0 Å². The van der Waals surface area contributed by atoms with Crippen molar-refractivity contribution in [3.8, 4) is 5.75 Å². The first kappa shape index (κ1) is 40.3. The van der Waals surface area contributed by atoms with Crippen molar-refractivity contribution in [1.82, 2.24) is 21.3 Å². The first-order valence-corrected chi connectivity index (χ1v) is 16.8. The van der Waals surface area contributed by atoms with Gasteiger partial charge in [0.2, 0.25) is 11.8 Å². The van der Waals surface area contributed by atoms with Gasteiger partial charge in [-0.25, -0.2) is 14.4 Å². The SMILES string of the molecule is CCOC(=O)[C@H](Cc1ccc(O)cc1)NC(=O)[C@H](CCCCNC(=O)OC(C)(C)C)NC(=O)[C@H](CCSC)NC(=O)OC(C)(C)C. The first-order chi connectivity index (χ1) is 21.4. The Morgan fingerprint density at radius 3 is 1.87 bits per heavy atom. The van der Waals surface area contributed by atoms with Gasteiger partial charge in [-0.15, -0.1) is 0 Å². The van der Waals surface area contributed by atoms with Crippen LogP contribution < -0.4 is 21.3 Å². The zero-order valence-electron chi connectivity index (χ0n) is 28.3. The summed E-state index contributed by atoms with van der Waals surface area (Å²) in [4.78, 5) is 64.4. The van der Waals surface area contributed by atoms with E-state index in [4.69, 9.17) is 14.2 Å². The number of amides is 4. The molecule has 0 aliphatic heterocycles. The van der Waals surface area contributed by atoms with E-state index in [9.17, 15) is 29.1 Å². The van der Waals surface area contributed by atoms with Crippen LogP contribution in [0.3, 0.4) is 0 Å². The Kier molecular flexibility index (Phi) is 17.3. The van der Waals surface area contributed by atoms with Gasteiger partial charge in [0.1, 0.15) is 35.1 Å². The number of thioether (sulfide) groups is 1. The predicted molar refractivity (Wildman–Crippen MR) is 177 cm³/mol. The molecule has 0 fully saturated rings. The second-order valence-electron chi connectivity index (χ2n) is 12.6. The van der Waals surface area contributed by atoms with Gasteiger partial charge in [0, 0.05) is 13.0 Å². The number of ether oxygens (including phenoxy) is 3. The quantitative estimate of drug-likeness (QED) is 0.0930. The molecule has 1 aromatic rings. The van der Waals surface area contributed by atoms with Crippen molar-refractivity contribution in [2.45, 2.75) is 110 Å². The number of benzene rings is 1. The zero-order valence-corrected chi connectivity index (χ0v) is 29.1. The van der Waals surface area contributed by atoms with Gasteiger partial charge in [0.25, 0.3) is 0 Å². The summed E-state index contributed by atoms with van der Waals surface area (Å²) in [7, 11) is 0. The molecule has 13 nitrogen and oxygen atoms in total. The molecule has 0 saturated carbocycles. The molecule has 0 saturated heterocycles. The van der Waals surface area contributed by atoms with Crippen LogP contribution in [0.5, 0.6) is 5.75 Å². The van der Waals surface area contributed by atoms with Crippen molar-refractivity contribution in [3.05, 3.63) is 29.8 Å². The summed E-state index contributed by atoms with van der Waals surface area (Å²) in [6.07, 6.45) is 1.97. The van der Waals surface area contributed by atoms with E-state index in [0.717, 1.165) is 0 Å². The molecule has 0 aliphatic carbocycles. The lowest BCUT2D eigenvalue weighted by molar-refractivity contribution is -0.147. The number of nitrogens with one attached hydrogen (secondary N) is 4. The number of hydrogen-bond donors (Lipinski definition) is 5. The third kappa shape index (κ3) is 17.7. The van der Waals surface area contributed by atoms with Crippen molar-refractivity contribution < 1.29 is 43.3 Å². The normalized spacial score (nSPS) is 13.4. The molecule has 0 radical (unpaired) electrons. The fourth-order valence-corrected chi connectivity index (χ4v) is 4.52. The van der Waals surface area contributed by atoms with Crippen LogP contribution in [0, 0.1) is 0 Å². The number of unbranched alkanes of at least 4 members (excludes halogenated alkanes) is 1. The Morgan fingerprint density at radius 1 is 0.783 bits per heavy atom. The topological polar surface area (TPSA) is 181 Å². The van der Waals surface area contributed by atoms with Crippen LogP contribution in [0.1, 0.15) is 79.7 Å². The average molecular weight is 669 g/mol. The number of alkyl carbamates (subject to hydrolysis) is 2. The van der Waals surface area contributed by atoms with Crippen LogP contribution in [-0.2, 0) is 35.0 Å². The van der Waals surface area contributed by atoms with Crippen LogP contribution in [0.25, 0.3) is 0 Å². The highest BCUT2D eigenvalue weighted by Gasteiger charge is 2.31. The van der Waals surface area contributed by atoms with Gasteiger partial charge in [-0.2, -0.15) is 11.8 Å². The minimum absolute atomic E-state index is 0.0559. The second-order valence-corrected chi connectivity index (χ2v) is 13.6. The number of phenols is 1. The Balaban J connectivity index is 3.12. The highest BCUT2D eigenvalue weighted by atomic mass is 32.2. The predicted octanol–water partition coefficient (Wildman–Crippen LogP) is 3.81. The number of aromatic hydroxyl groups is 1. The standard InChI is InChI=1S/C32H52N4O9S/c1-9-43-28(40)25(20-21-13-15-22(37)16-14-21)35-26(38)23(12-10-11-18-33-29(41)44-31(2,3)4)34-27(39)24(17-19-46-8)36-30(42)45-32(5,6)7/h13-16,23-25,37H,9-12,17-20H2,1-8H3,(H,33,41)(H,34,39)(H,35,38)(H,36,42)/t23-,24-,25-/m0/s1. The van der Waals surface area contributed by atoms with Crippen molar-refractivity contribution in [1.29, 1.82) is 0 Å². The van der Waals surface area contributed by atoms with E-state index < -0.39 is 59.3 Å². The van der Waals surface area contributed by atoms with E-state index in [0.29, 0.717) is 24.2 Å². The Bertz CT molecular complexity index is 1130. The highest BCUT2D eigenvalue weighted by Crippen LogP contribution is 2.14. The molecule has 0 bridgehead atoms. The molecule has 0 unspecified atom stereocenters. The number of esters is 1. The summed E-state index contributed by atoms with van der Waals surface area (Å²) in [6.45, 7) is 12.4. The minimum Gasteiger partial charge on any atom is -0.508 e. The fourth-order valence-electron chi connectivity index (χ4n) is 4.05. The lowest BCUT2D eigenvalue weighted by Crippen LogP contribution is -2.56. The largest absolute Gasteiger partial charge is 0.508 e. The summed E-state index contributed by atoms with van der Waals surface area (Å²) in [5.41, 5.74) is -0.753. The molecule has 3 atom stereocenters. The van der Waals surface area contributed by atoms with Gasteiger partial charge in [-0.1, -0.05) is 12.1 Å². The molecule has 4 amide bonds. The molecule has 0 spiro atoms. The van der Waals surface area contributed by atoms with Gasteiger partial charge in [-0.3, -0.25) is 9.59 Å². The van der Waals surface area contributed by atoms with Crippen LogP contribution in [0.4, 0.5) is 9.59 Å². The Labute approximate surface area is 276 Å². The van der Waals surface area contributed by atoms with Gasteiger partial charge in [0.05, 0.1) is 6.61 Å². The molecule has 260 valence electrons. The zero-order chi connectivity index (χ0) is 34.9. The third-order valence-corrected chi connectivity index (χ3v) is 6.75. The summed E-state index contributed by atoms with van der Waals surface area (Å²) < 4.78 is 15.8. The molecule has 1 aromatic carbocycles. The Hall–Kier alpha value is -3.68. The fraction of sp³-hybridized carbons (Fsp3) is 0.656. The summed E-state index contributed by atoms with van der Waals surface area (Å²) in [5, 5.41) is 20.3. The molecule has 14 heteroatoms. The maximum absolute atomic E-state index is 13.6. The maximum Gasteiger partial charge on any atom is 0.408 e. The molecule has 0 aliphatic rings. The lowest BCUT2D eigenvalue weighted by atomic mass is 10.0. The van der Waals surface area contributed by atoms with Crippen molar-refractivity contribution in [2.75, 3.05) is 25.2 Å². The number of hydrogen-bond acceptors (Lipinski definition) is 10. The monoisotopic (exact) mass is 668 g/mol. The van der Waals surface area contributed by atoms with Crippen molar-refractivity contribution >= 4 is 41.7 Å². The maximum atomic E-state index is 13.6. The van der Waals surface area contributed by atoms with Gasteiger partial charge in [0.15, 0.2) is 0 Å². The van der Waals surface area contributed by atoms with Gasteiger partial charge in [-0.05, 0) is 104 Å². The van der Waals surface area contributed by atoms with Crippen LogP contribution in [-0.4, -0.2) is 89.6 Å². The number of phenolic OH excluding ortho intramolecular Hbond substituents is 1. The molecule has 5 N–H and O–H groups in total. The van der Waals surface area contributed by atoms with Crippen molar-refractivity contribution in [3.63, 3.8) is 0 Å². The first-order valence-electron chi connectivity index (χ1n) is 15.4. The highest BCUT2D eigenvalue weighted by molar-refractivity contribution is 7.98. The van der Waals surface area contributed by atoms with E-state index in [1.807, 2.05) is 6.26 Å². The molecular formula is C32H52N4O9S. The van der Waals surface area contributed by atoms with Gasteiger partial charge >= 0.3 is 18.2 Å². The smallest absolute Gasteiger partial charge is 0.408 e. The number of carbonyl (C=O) groups excluding carboxylic acids is 5. The van der Waals surface area contributed by atoms with Gasteiger partial charge < -0.3 is 40.6 Å². The number of carbonyl (C=O) groups is 5. The van der Waals surface area contributed by atoms with E-state index in [1.165, 1.54) is 23.9 Å². The lowest BCUT2D eigenvalue weighted by Gasteiger charge is -2.26. The minimum atomic E-state index is -1.08. The summed E-state index contributed by atoms with van der Waals surface area (Å²) >= 11 is 1.49. The molecule has 46 heavy (non-hydrogen) atoms. The summed E-state index contributed by atoms with van der Waals surface area (Å²) in [6, 6.07) is 3.07. The molecule has 0 heterocycles. The van der Waals surface area contributed by atoms with E-state index in [1.54, 1.807) is 60.6 Å². The average Bonchev–Trinajstić information content (AvgIpc) is 2.93.